The van der Waals surface area contributed by atoms with Crippen LogP contribution < -0.4 is 5.32 Å². The Hall–Kier alpha value is -0.690. The Labute approximate surface area is 137 Å². The van der Waals surface area contributed by atoms with Crippen LogP contribution in [0.15, 0.2) is 17.0 Å². The van der Waals surface area contributed by atoms with Crippen molar-refractivity contribution in [2.75, 3.05) is 13.1 Å². The molecule has 2 aliphatic heterocycles. The molecule has 2 saturated heterocycles. The fourth-order valence-corrected chi connectivity index (χ4v) is 6.06. The molecular weight excluding hydrogens is 327 g/mol. The molecule has 3 rings (SSSR count). The Bertz CT molecular complexity index is 629. The van der Waals surface area contributed by atoms with Gasteiger partial charge in [-0.05, 0) is 62.9 Å². The SMILES string of the molecule is Cc1cc(F)cc(C)c1S(=O)(=O)N1C2CCNCC1CC2.Cl. The number of sulfonamides is 1. The summed E-state index contributed by atoms with van der Waals surface area (Å²) in [7, 11) is -3.57. The van der Waals surface area contributed by atoms with Gasteiger partial charge >= 0.3 is 0 Å². The quantitative estimate of drug-likeness (QED) is 0.892. The van der Waals surface area contributed by atoms with E-state index in [0.29, 0.717) is 17.7 Å². The van der Waals surface area contributed by atoms with Gasteiger partial charge < -0.3 is 5.32 Å². The van der Waals surface area contributed by atoms with Crippen molar-refractivity contribution >= 4 is 22.4 Å². The largest absolute Gasteiger partial charge is 0.315 e. The zero-order chi connectivity index (χ0) is 15.2. The van der Waals surface area contributed by atoms with Crippen molar-refractivity contribution in [3.63, 3.8) is 0 Å². The average molecular weight is 349 g/mol. The van der Waals surface area contributed by atoms with Crippen molar-refractivity contribution in [2.24, 2.45) is 0 Å². The zero-order valence-electron chi connectivity index (χ0n) is 12.8. The molecule has 1 N–H and O–H groups in total. The topological polar surface area (TPSA) is 49.4 Å². The molecule has 4 nitrogen and oxygen atoms in total. The first-order valence-corrected chi connectivity index (χ1v) is 8.86. The highest BCUT2D eigenvalue weighted by Gasteiger charge is 2.43. The van der Waals surface area contributed by atoms with Crippen molar-refractivity contribution in [1.29, 1.82) is 0 Å². The molecule has 2 aliphatic rings. The Morgan fingerprint density at radius 1 is 1.14 bits per heavy atom. The third-order valence-electron chi connectivity index (χ3n) is 4.55. The summed E-state index contributed by atoms with van der Waals surface area (Å²) in [6.45, 7) is 4.89. The van der Waals surface area contributed by atoms with Gasteiger partial charge in [-0.2, -0.15) is 4.31 Å². The summed E-state index contributed by atoms with van der Waals surface area (Å²) < 4.78 is 41.4. The molecule has 22 heavy (non-hydrogen) atoms. The molecule has 0 aliphatic carbocycles. The minimum Gasteiger partial charge on any atom is -0.315 e. The van der Waals surface area contributed by atoms with Crippen LogP contribution >= 0.6 is 12.4 Å². The van der Waals surface area contributed by atoms with E-state index in [1.165, 1.54) is 12.1 Å². The molecule has 0 amide bonds. The second-order valence-electron chi connectivity index (χ2n) is 6.08. The van der Waals surface area contributed by atoms with Crippen molar-refractivity contribution < 1.29 is 12.8 Å². The first-order chi connectivity index (χ1) is 9.91. The summed E-state index contributed by atoms with van der Waals surface area (Å²) >= 11 is 0. The molecule has 0 aromatic heterocycles. The molecule has 2 atom stereocenters. The fraction of sp³-hybridized carbons (Fsp3) is 0.600. The Morgan fingerprint density at radius 2 is 1.73 bits per heavy atom. The van der Waals surface area contributed by atoms with Crippen LogP contribution in [-0.2, 0) is 10.0 Å². The number of fused-ring (bicyclic) bond motifs is 2. The third-order valence-corrected chi connectivity index (χ3v) is 6.86. The van der Waals surface area contributed by atoms with Gasteiger partial charge in [-0.1, -0.05) is 0 Å². The summed E-state index contributed by atoms with van der Waals surface area (Å²) in [5, 5.41) is 3.30. The number of halogens is 2. The summed E-state index contributed by atoms with van der Waals surface area (Å²) in [6.07, 6.45) is 2.66. The maximum atomic E-state index is 13.5. The normalized spacial score (nSPS) is 25.6. The second-order valence-corrected chi connectivity index (χ2v) is 7.86. The first-order valence-electron chi connectivity index (χ1n) is 7.42. The fourth-order valence-electron chi connectivity index (χ4n) is 3.74. The van der Waals surface area contributed by atoms with E-state index in [4.69, 9.17) is 0 Å². The molecule has 2 heterocycles. The molecule has 0 radical (unpaired) electrons. The van der Waals surface area contributed by atoms with E-state index in [1.54, 1.807) is 18.2 Å². The Morgan fingerprint density at radius 3 is 2.36 bits per heavy atom. The van der Waals surface area contributed by atoms with E-state index < -0.39 is 10.0 Å². The number of benzene rings is 1. The van der Waals surface area contributed by atoms with Crippen LogP contribution in [0.5, 0.6) is 0 Å². The number of nitrogens with one attached hydrogen (secondary N) is 1. The monoisotopic (exact) mass is 348 g/mol. The van der Waals surface area contributed by atoms with Crippen LogP contribution in [0, 0.1) is 19.7 Å². The van der Waals surface area contributed by atoms with Gasteiger partial charge in [0.25, 0.3) is 0 Å². The average Bonchev–Trinajstić information content (AvgIpc) is 2.61. The van der Waals surface area contributed by atoms with E-state index >= 15 is 0 Å². The molecule has 124 valence electrons. The molecule has 1 aromatic carbocycles. The van der Waals surface area contributed by atoms with Crippen LogP contribution in [-0.4, -0.2) is 37.9 Å². The molecule has 2 fully saturated rings. The van der Waals surface area contributed by atoms with E-state index in [-0.39, 0.29) is 35.2 Å². The molecule has 0 saturated carbocycles. The van der Waals surface area contributed by atoms with E-state index in [0.717, 1.165) is 25.8 Å². The van der Waals surface area contributed by atoms with Gasteiger partial charge in [0.1, 0.15) is 5.82 Å². The standard InChI is InChI=1S/C15H21FN2O2S.ClH/c1-10-7-12(16)8-11(2)15(10)21(19,20)18-13-3-4-14(18)9-17-6-5-13;/h7-8,13-14,17H,3-6,9H2,1-2H3;1H. The molecular formula is C15H22ClFN2O2S. The predicted molar refractivity (Wildman–Crippen MR) is 86.4 cm³/mol. The lowest BCUT2D eigenvalue weighted by Crippen LogP contribution is -2.42. The second kappa shape index (κ2) is 6.43. The summed E-state index contributed by atoms with van der Waals surface area (Å²) in [4.78, 5) is 0.280. The Kier molecular flexibility index (Phi) is 5.16. The maximum absolute atomic E-state index is 13.5. The zero-order valence-corrected chi connectivity index (χ0v) is 14.4. The van der Waals surface area contributed by atoms with Gasteiger partial charge in [-0.25, -0.2) is 12.8 Å². The van der Waals surface area contributed by atoms with Gasteiger partial charge in [0.2, 0.25) is 10.0 Å². The number of hydrogen-bond donors (Lipinski definition) is 1. The Balaban J connectivity index is 0.00000176. The lowest BCUT2D eigenvalue weighted by atomic mass is 10.1. The van der Waals surface area contributed by atoms with Gasteiger partial charge in [0.05, 0.1) is 4.90 Å². The minimum absolute atomic E-state index is 0. The highest BCUT2D eigenvalue weighted by Crippen LogP contribution is 2.35. The van der Waals surface area contributed by atoms with Gasteiger partial charge in [-0.15, -0.1) is 12.4 Å². The highest BCUT2D eigenvalue weighted by atomic mass is 35.5. The van der Waals surface area contributed by atoms with Gasteiger partial charge in [0.15, 0.2) is 0 Å². The van der Waals surface area contributed by atoms with Crippen LogP contribution in [0.1, 0.15) is 30.4 Å². The van der Waals surface area contributed by atoms with Crippen LogP contribution in [0.2, 0.25) is 0 Å². The predicted octanol–water partition coefficient (Wildman–Crippen LogP) is 2.38. The molecule has 7 heteroatoms. The van der Waals surface area contributed by atoms with Crippen molar-refractivity contribution in [3.8, 4) is 0 Å². The minimum atomic E-state index is -3.57. The lowest BCUT2D eigenvalue weighted by Gasteiger charge is -2.28. The third kappa shape index (κ3) is 2.89. The van der Waals surface area contributed by atoms with Crippen LogP contribution in [0.4, 0.5) is 4.39 Å². The van der Waals surface area contributed by atoms with Crippen LogP contribution in [0.3, 0.4) is 0 Å². The highest BCUT2D eigenvalue weighted by molar-refractivity contribution is 7.89. The molecule has 2 bridgehead atoms. The van der Waals surface area contributed by atoms with Gasteiger partial charge in [-0.3, -0.25) is 0 Å². The summed E-state index contributed by atoms with van der Waals surface area (Å²) in [6, 6.07) is 2.70. The van der Waals surface area contributed by atoms with E-state index in [2.05, 4.69) is 5.32 Å². The number of rotatable bonds is 2. The maximum Gasteiger partial charge on any atom is 0.244 e. The summed E-state index contributed by atoms with van der Waals surface area (Å²) in [5.74, 6) is -0.385. The number of hydrogen-bond acceptors (Lipinski definition) is 3. The van der Waals surface area contributed by atoms with Crippen molar-refractivity contribution in [3.05, 3.63) is 29.1 Å². The lowest BCUT2D eigenvalue weighted by molar-refractivity contribution is 0.334. The van der Waals surface area contributed by atoms with Crippen molar-refractivity contribution in [1.82, 2.24) is 9.62 Å². The van der Waals surface area contributed by atoms with E-state index in [9.17, 15) is 12.8 Å². The molecule has 0 spiro atoms. The first kappa shape index (κ1) is 17.7. The van der Waals surface area contributed by atoms with Gasteiger partial charge in [0, 0.05) is 18.6 Å². The number of nitrogens with zero attached hydrogens (tertiary/aromatic N) is 1. The number of aryl methyl sites for hydroxylation is 2. The van der Waals surface area contributed by atoms with Crippen molar-refractivity contribution in [2.45, 2.75) is 50.1 Å². The molecule has 1 aromatic rings. The van der Waals surface area contributed by atoms with E-state index in [1.807, 2.05) is 0 Å². The van der Waals surface area contributed by atoms with Crippen LogP contribution in [0.25, 0.3) is 0 Å². The molecule has 2 unspecified atom stereocenters. The summed E-state index contributed by atoms with van der Waals surface area (Å²) in [5.41, 5.74) is 0.980. The smallest absolute Gasteiger partial charge is 0.244 e.